The van der Waals surface area contributed by atoms with E-state index < -0.39 is 6.09 Å². The number of benzene rings is 1. The second-order valence-corrected chi connectivity index (χ2v) is 10.2. The molecule has 2 aliphatic carbocycles. The largest absolute Gasteiger partial charge is 0.437 e. The van der Waals surface area contributed by atoms with Gasteiger partial charge in [-0.2, -0.15) is 0 Å². The molecule has 1 heterocycles. The molecule has 1 N–H and O–H groups in total. The van der Waals surface area contributed by atoms with Gasteiger partial charge in [-0.25, -0.2) is 4.79 Å². The Morgan fingerprint density at radius 1 is 1.09 bits per heavy atom. The second-order valence-electron chi connectivity index (χ2n) is 9.78. The topological polar surface area (TPSA) is 63.2 Å². The maximum absolute atomic E-state index is 12.6. The first-order valence-corrected chi connectivity index (χ1v) is 13.2. The molecule has 1 aromatic carbocycles. The Balaban J connectivity index is 1.52. The molecule has 0 aromatic heterocycles. The summed E-state index contributed by atoms with van der Waals surface area (Å²) < 4.78 is 5.59. The predicted octanol–water partition coefficient (Wildman–Crippen LogP) is 6.35. The fraction of sp³-hybridized carbons (Fsp3) is 0.692. The molecule has 1 aliphatic heterocycles. The van der Waals surface area contributed by atoms with Gasteiger partial charge in [0.05, 0.1) is 18.9 Å². The third-order valence-electron chi connectivity index (χ3n) is 7.49. The zero-order valence-corrected chi connectivity index (χ0v) is 20.4. The van der Waals surface area contributed by atoms with Gasteiger partial charge in [-0.05, 0) is 49.8 Å². The molecule has 1 amide bonds. The summed E-state index contributed by atoms with van der Waals surface area (Å²) in [6.07, 6.45) is 11.9. The average Bonchev–Trinajstić information content (AvgIpc) is 2.85. The summed E-state index contributed by atoms with van der Waals surface area (Å²) in [4.78, 5) is 20.6. The van der Waals surface area contributed by atoms with E-state index in [1.807, 2.05) is 0 Å². The van der Waals surface area contributed by atoms with Crippen LogP contribution in [0.1, 0.15) is 64.2 Å². The quantitative estimate of drug-likeness (QED) is 0.283. The third-order valence-corrected chi connectivity index (χ3v) is 7.72. The van der Waals surface area contributed by atoms with Crippen molar-refractivity contribution in [2.75, 3.05) is 38.2 Å². The number of oxime groups is 1. The summed E-state index contributed by atoms with van der Waals surface area (Å²) in [5.74, 6) is 1.36. The fourth-order valence-corrected chi connectivity index (χ4v) is 5.92. The molecular weight excluding hydrogens is 438 g/mol. The first-order valence-electron chi connectivity index (χ1n) is 12.8. The number of rotatable bonds is 7. The molecule has 7 heteroatoms. The molecule has 3 fully saturated rings. The molecular formula is C26H38ClN3O3. The van der Waals surface area contributed by atoms with Crippen molar-refractivity contribution in [2.24, 2.45) is 22.9 Å². The molecule has 1 unspecified atom stereocenters. The molecule has 33 heavy (non-hydrogen) atoms. The number of carbonyl (C=O) groups is 1. The lowest BCUT2D eigenvalue weighted by molar-refractivity contribution is 0.0291. The van der Waals surface area contributed by atoms with E-state index in [-0.39, 0.29) is 0 Å². The lowest BCUT2D eigenvalue weighted by Gasteiger charge is -2.38. The van der Waals surface area contributed by atoms with Crippen molar-refractivity contribution in [2.45, 2.75) is 64.2 Å². The van der Waals surface area contributed by atoms with Crippen LogP contribution in [0, 0.1) is 17.8 Å². The Kier molecular flexibility index (Phi) is 9.45. The molecule has 4 rings (SSSR count). The van der Waals surface area contributed by atoms with Crippen molar-refractivity contribution in [3.63, 3.8) is 0 Å². The maximum Gasteiger partial charge on any atom is 0.437 e. The number of anilines is 1. The number of ether oxygens (including phenoxy) is 1. The van der Waals surface area contributed by atoms with E-state index in [9.17, 15) is 4.79 Å². The minimum atomic E-state index is -0.556. The van der Waals surface area contributed by atoms with Crippen LogP contribution in [-0.4, -0.2) is 49.6 Å². The van der Waals surface area contributed by atoms with Crippen LogP contribution in [0.3, 0.4) is 0 Å². The van der Waals surface area contributed by atoms with Crippen LogP contribution in [0.2, 0.25) is 5.02 Å². The fourth-order valence-electron chi connectivity index (χ4n) is 5.73. The van der Waals surface area contributed by atoms with Gasteiger partial charge >= 0.3 is 6.09 Å². The molecule has 1 atom stereocenters. The normalized spacial score (nSPS) is 22.6. The minimum absolute atomic E-state index is 0.338. The number of carbonyl (C=O) groups excluding carboxylic acids is 1. The van der Waals surface area contributed by atoms with Gasteiger partial charge in [-0.15, -0.1) is 0 Å². The van der Waals surface area contributed by atoms with Crippen LogP contribution >= 0.6 is 11.6 Å². The Morgan fingerprint density at radius 2 is 1.79 bits per heavy atom. The highest BCUT2D eigenvalue weighted by atomic mass is 35.5. The second kappa shape index (κ2) is 12.7. The molecule has 182 valence electrons. The molecule has 1 aromatic rings. The van der Waals surface area contributed by atoms with Gasteiger partial charge in [0, 0.05) is 42.2 Å². The zero-order chi connectivity index (χ0) is 22.9. The third kappa shape index (κ3) is 7.43. The van der Waals surface area contributed by atoms with Crippen LogP contribution in [-0.2, 0) is 9.57 Å². The number of halogens is 1. The van der Waals surface area contributed by atoms with Crippen molar-refractivity contribution < 1.29 is 14.4 Å². The monoisotopic (exact) mass is 475 g/mol. The van der Waals surface area contributed by atoms with Gasteiger partial charge in [-0.1, -0.05) is 61.3 Å². The van der Waals surface area contributed by atoms with Crippen molar-refractivity contribution in [1.29, 1.82) is 0 Å². The summed E-state index contributed by atoms with van der Waals surface area (Å²) in [7, 11) is 0. The SMILES string of the molecule is O=C(Nc1cccc(Cl)c1)O/N=C(\C1CCCCC1)C(CN1CCOCC1)C1CCCCC1. The lowest BCUT2D eigenvalue weighted by atomic mass is 9.72. The van der Waals surface area contributed by atoms with Crippen LogP contribution < -0.4 is 5.32 Å². The van der Waals surface area contributed by atoms with Crippen LogP contribution in [0.25, 0.3) is 0 Å². The van der Waals surface area contributed by atoms with Crippen molar-refractivity contribution in [3.8, 4) is 0 Å². The van der Waals surface area contributed by atoms with Crippen LogP contribution in [0.5, 0.6) is 0 Å². The number of nitrogens with zero attached hydrogens (tertiary/aromatic N) is 2. The molecule has 3 aliphatic rings. The molecule has 2 saturated carbocycles. The molecule has 0 spiro atoms. The highest BCUT2D eigenvalue weighted by Gasteiger charge is 2.35. The first-order chi connectivity index (χ1) is 16.2. The Bertz CT molecular complexity index is 785. The number of amides is 1. The standard InChI is InChI=1S/C26H38ClN3O3/c27-22-12-7-13-23(18-22)28-26(31)33-29-25(21-10-5-2-6-11-21)24(20-8-3-1-4-9-20)19-30-14-16-32-17-15-30/h7,12-13,18,20-21,24H,1-6,8-11,14-17,19H2,(H,28,31)/b29-25+. The van der Waals surface area contributed by atoms with Gasteiger partial charge in [0.25, 0.3) is 0 Å². The number of hydrogen-bond acceptors (Lipinski definition) is 5. The lowest BCUT2D eigenvalue weighted by Crippen LogP contribution is -2.45. The summed E-state index contributed by atoms with van der Waals surface area (Å²) >= 11 is 6.04. The summed E-state index contributed by atoms with van der Waals surface area (Å²) in [5, 5.41) is 7.95. The molecule has 1 saturated heterocycles. The Morgan fingerprint density at radius 3 is 2.48 bits per heavy atom. The van der Waals surface area contributed by atoms with Gasteiger partial charge in [0.1, 0.15) is 0 Å². The van der Waals surface area contributed by atoms with E-state index in [0.29, 0.717) is 28.5 Å². The zero-order valence-electron chi connectivity index (χ0n) is 19.6. The smallest absolute Gasteiger partial charge is 0.379 e. The van der Waals surface area contributed by atoms with Crippen LogP contribution in [0.15, 0.2) is 29.4 Å². The van der Waals surface area contributed by atoms with E-state index in [4.69, 9.17) is 21.2 Å². The van der Waals surface area contributed by atoms with Crippen molar-refractivity contribution in [3.05, 3.63) is 29.3 Å². The number of hydrogen-bond donors (Lipinski definition) is 1. The van der Waals surface area contributed by atoms with E-state index in [1.165, 1.54) is 51.4 Å². The van der Waals surface area contributed by atoms with Crippen molar-refractivity contribution >= 4 is 29.1 Å². The number of morpholine rings is 1. The maximum atomic E-state index is 12.6. The number of nitrogens with one attached hydrogen (secondary N) is 1. The predicted molar refractivity (Wildman–Crippen MR) is 133 cm³/mol. The Hall–Kier alpha value is -1.63. The van der Waals surface area contributed by atoms with Gasteiger partial charge in [0.2, 0.25) is 0 Å². The molecule has 0 bridgehead atoms. The summed E-state index contributed by atoms with van der Waals surface area (Å²) in [6, 6.07) is 7.08. The Labute approximate surface area is 203 Å². The minimum Gasteiger partial charge on any atom is -0.379 e. The van der Waals surface area contributed by atoms with E-state index >= 15 is 0 Å². The van der Waals surface area contributed by atoms with Crippen molar-refractivity contribution in [1.82, 2.24) is 4.90 Å². The highest BCUT2D eigenvalue weighted by Crippen LogP contribution is 2.36. The summed E-state index contributed by atoms with van der Waals surface area (Å²) in [6.45, 7) is 4.52. The molecule has 0 radical (unpaired) electrons. The van der Waals surface area contributed by atoms with E-state index in [2.05, 4.69) is 15.4 Å². The molecule has 6 nitrogen and oxygen atoms in total. The van der Waals surface area contributed by atoms with E-state index in [0.717, 1.165) is 51.4 Å². The average molecular weight is 476 g/mol. The first kappa shape index (κ1) is 24.5. The summed E-state index contributed by atoms with van der Waals surface area (Å²) in [5.41, 5.74) is 1.73. The van der Waals surface area contributed by atoms with Gasteiger partial charge < -0.3 is 4.74 Å². The van der Waals surface area contributed by atoms with Gasteiger partial charge in [-0.3, -0.25) is 15.1 Å². The van der Waals surface area contributed by atoms with E-state index in [1.54, 1.807) is 24.3 Å². The van der Waals surface area contributed by atoms with Gasteiger partial charge in [0.15, 0.2) is 0 Å². The van der Waals surface area contributed by atoms with Crippen LogP contribution in [0.4, 0.5) is 10.5 Å². The highest BCUT2D eigenvalue weighted by molar-refractivity contribution is 6.30.